The fraction of sp³-hybridized carbons (Fsp3) is 0.222. The Morgan fingerprint density at radius 2 is 1.54 bits per heavy atom. The average Bonchev–Trinajstić information content (AvgIpc) is 2.64. The average molecular weight is 357 g/mol. The first-order valence-electron chi connectivity index (χ1n) is 7.99. The number of benzene rings is 2. The zero-order valence-corrected chi connectivity index (χ0v) is 14.0. The monoisotopic (exact) mass is 357 g/mol. The summed E-state index contributed by atoms with van der Waals surface area (Å²) in [6, 6.07) is 14.8. The van der Waals surface area contributed by atoms with Crippen molar-refractivity contribution in [1.82, 2.24) is 10.6 Å². The highest BCUT2D eigenvalue weighted by molar-refractivity contribution is 5.79. The lowest BCUT2D eigenvalue weighted by atomic mass is 10.1. The van der Waals surface area contributed by atoms with E-state index in [0.717, 1.165) is 5.56 Å². The summed E-state index contributed by atoms with van der Waals surface area (Å²) in [5, 5.41) is 15.9. The molecule has 2 aromatic carbocycles. The van der Waals surface area contributed by atoms with Gasteiger partial charge >= 0.3 is 0 Å². The van der Waals surface area contributed by atoms with E-state index in [4.69, 9.17) is 4.74 Å². The summed E-state index contributed by atoms with van der Waals surface area (Å²) in [6.45, 7) is 0.383. The Bertz CT molecular complexity index is 747. The highest BCUT2D eigenvalue weighted by atomic mass is 16.6. The molecule has 0 saturated carbocycles. The van der Waals surface area contributed by atoms with Gasteiger partial charge in [-0.05, 0) is 17.7 Å². The molecular formula is C18H19N3O5. The van der Waals surface area contributed by atoms with E-state index in [1.165, 1.54) is 24.3 Å². The number of carbonyl (C=O) groups excluding carboxylic acids is 2. The number of rotatable bonds is 9. The second-order valence-corrected chi connectivity index (χ2v) is 5.40. The van der Waals surface area contributed by atoms with E-state index in [1.807, 2.05) is 30.3 Å². The van der Waals surface area contributed by atoms with Gasteiger partial charge in [0.05, 0.1) is 11.3 Å². The van der Waals surface area contributed by atoms with Gasteiger partial charge in [-0.2, -0.15) is 0 Å². The molecule has 0 aliphatic rings. The highest BCUT2D eigenvalue weighted by Gasteiger charge is 2.07. The molecule has 0 radical (unpaired) electrons. The van der Waals surface area contributed by atoms with Crippen LogP contribution < -0.4 is 15.4 Å². The fourth-order valence-corrected chi connectivity index (χ4v) is 2.11. The van der Waals surface area contributed by atoms with E-state index < -0.39 is 4.92 Å². The van der Waals surface area contributed by atoms with Gasteiger partial charge in [-0.25, -0.2) is 0 Å². The highest BCUT2D eigenvalue weighted by Crippen LogP contribution is 2.16. The van der Waals surface area contributed by atoms with E-state index in [2.05, 4.69) is 10.6 Å². The van der Waals surface area contributed by atoms with Gasteiger partial charge in [0, 0.05) is 25.2 Å². The number of nitro benzene ring substituents is 1. The third kappa shape index (κ3) is 6.60. The van der Waals surface area contributed by atoms with Gasteiger partial charge in [0.1, 0.15) is 5.75 Å². The normalized spacial score (nSPS) is 10.0. The summed E-state index contributed by atoms with van der Waals surface area (Å²) in [4.78, 5) is 33.5. The summed E-state index contributed by atoms with van der Waals surface area (Å²) >= 11 is 0. The van der Waals surface area contributed by atoms with Crippen LogP contribution in [0.2, 0.25) is 0 Å². The summed E-state index contributed by atoms with van der Waals surface area (Å²) in [7, 11) is 0. The lowest BCUT2D eigenvalue weighted by Gasteiger charge is -2.08. The van der Waals surface area contributed by atoms with Gasteiger partial charge in [-0.3, -0.25) is 19.7 Å². The van der Waals surface area contributed by atoms with E-state index in [1.54, 1.807) is 0 Å². The maximum absolute atomic E-state index is 11.7. The Hall–Kier alpha value is -3.42. The summed E-state index contributed by atoms with van der Waals surface area (Å²) in [5.41, 5.74) is 0.874. The van der Waals surface area contributed by atoms with Gasteiger partial charge in [0.15, 0.2) is 6.61 Å². The second-order valence-electron chi connectivity index (χ2n) is 5.40. The zero-order valence-electron chi connectivity index (χ0n) is 14.0. The minimum atomic E-state index is -0.511. The molecule has 0 unspecified atom stereocenters. The molecule has 2 rings (SSSR count). The molecule has 0 aromatic heterocycles. The number of amides is 2. The molecule has 0 atom stereocenters. The topological polar surface area (TPSA) is 111 Å². The van der Waals surface area contributed by atoms with E-state index >= 15 is 0 Å². The summed E-state index contributed by atoms with van der Waals surface area (Å²) in [5.74, 6) is -0.102. The first-order valence-corrected chi connectivity index (χ1v) is 7.99. The quantitative estimate of drug-likeness (QED) is 0.401. The van der Waals surface area contributed by atoms with E-state index in [-0.39, 0.29) is 37.1 Å². The molecule has 0 aliphatic carbocycles. The number of nitrogens with one attached hydrogen (secondary N) is 2. The van der Waals surface area contributed by atoms with Crippen molar-refractivity contribution in [3.05, 3.63) is 70.3 Å². The van der Waals surface area contributed by atoms with Crippen molar-refractivity contribution < 1.29 is 19.2 Å². The van der Waals surface area contributed by atoms with Crippen molar-refractivity contribution in [2.24, 2.45) is 0 Å². The van der Waals surface area contributed by atoms with Crippen molar-refractivity contribution in [3.63, 3.8) is 0 Å². The predicted molar refractivity (Wildman–Crippen MR) is 94.8 cm³/mol. The standard InChI is InChI=1S/C18H19N3O5/c22-17(12-14-4-2-1-3-5-14)19-10-11-20-18(23)13-26-16-8-6-15(7-9-16)21(24)25/h1-9H,10-13H2,(H,19,22)(H,20,23). The molecule has 0 fully saturated rings. The first kappa shape index (κ1) is 18.9. The Morgan fingerprint density at radius 3 is 2.15 bits per heavy atom. The number of nitro groups is 1. The Labute approximate surface area is 150 Å². The fourth-order valence-electron chi connectivity index (χ4n) is 2.11. The van der Waals surface area contributed by atoms with Crippen LogP contribution >= 0.6 is 0 Å². The molecule has 2 aromatic rings. The molecular weight excluding hydrogens is 338 g/mol. The Kier molecular flexibility index (Phi) is 7.11. The lowest BCUT2D eigenvalue weighted by Crippen LogP contribution is -2.37. The van der Waals surface area contributed by atoms with Crippen LogP contribution in [0.15, 0.2) is 54.6 Å². The van der Waals surface area contributed by atoms with E-state index in [0.29, 0.717) is 12.3 Å². The predicted octanol–water partition coefficient (Wildman–Crippen LogP) is 1.45. The second kappa shape index (κ2) is 9.77. The number of hydrogen-bond donors (Lipinski definition) is 2. The third-order valence-electron chi connectivity index (χ3n) is 3.39. The van der Waals surface area contributed by atoms with Gasteiger partial charge < -0.3 is 15.4 Å². The maximum Gasteiger partial charge on any atom is 0.269 e. The lowest BCUT2D eigenvalue weighted by molar-refractivity contribution is -0.384. The molecule has 0 bridgehead atoms. The minimum Gasteiger partial charge on any atom is -0.484 e. The van der Waals surface area contributed by atoms with Crippen molar-refractivity contribution >= 4 is 17.5 Å². The SMILES string of the molecule is O=C(COc1ccc([N+](=O)[O-])cc1)NCCNC(=O)Cc1ccccc1. The summed E-state index contributed by atoms with van der Waals surface area (Å²) < 4.78 is 5.24. The first-order chi connectivity index (χ1) is 12.5. The molecule has 0 saturated heterocycles. The van der Waals surface area contributed by atoms with Crippen LogP contribution in [0.5, 0.6) is 5.75 Å². The van der Waals surface area contributed by atoms with Crippen LogP contribution in [0.1, 0.15) is 5.56 Å². The number of nitrogens with zero attached hydrogens (tertiary/aromatic N) is 1. The molecule has 2 amide bonds. The van der Waals surface area contributed by atoms with Gasteiger partial charge in [0.25, 0.3) is 11.6 Å². The van der Waals surface area contributed by atoms with Gasteiger partial charge in [0.2, 0.25) is 5.91 Å². The largest absolute Gasteiger partial charge is 0.484 e. The smallest absolute Gasteiger partial charge is 0.269 e. The van der Waals surface area contributed by atoms with Gasteiger partial charge in [-0.15, -0.1) is 0 Å². The maximum atomic E-state index is 11.7. The number of carbonyl (C=O) groups is 2. The van der Waals surface area contributed by atoms with Crippen LogP contribution in [0.3, 0.4) is 0 Å². The molecule has 26 heavy (non-hydrogen) atoms. The Morgan fingerprint density at radius 1 is 0.923 bits per heavy atom. The van der Waals surface area contributed by atoms with Crippen molar-refractivity contribution in [2.75, 3.05) is 19.7 Å². The molecule has 0 aliphatic heterocycles. The van der Waals surface area contributed by atoms with Crippen LogP contribution in [-0.4, -0.2) is 36.4 Å². The van der Waals surface area contributed by atoms with Crippen LogP contribution in [0, 0.1) is 10.1 Å². The number of ether oxygens (including phenoxy) is 1. The van der Waals surface area contributed by atoms with Crippen molar-refractivity contribution in [1.29, 1.82) is 0 Å². The number of hydrogen-bond acceptors (Lipinski definition) is 5. The molecule has 8 nitrogen and oxygen atoms in total. The number of non-ortho nitro benzene ring substituents is 1. The molecule has 0 spiro atoms. The van der Waals surface area contributed by atoms with Crippen molar-refractivity contribution in [2.45, 2.75) is 6.42 Å². The minimum absolute atomic E-state index is 0.0481. The third-order valence-corrected chi connectivity index (χ3v) is 3.39. The molecule has 8 heteroatoms. The van der Waals surface area contributed by atoms with Crippen molar-refractivity contribution in [3.8, 4) is 5.75 Å². The molecule has 0 heterocycles. The zero-order chi connectivity index (χ0) is 18.8. The van der Waals surface area contributed by atoms with Crippen LogP contribution in [0.25, 0.3) is 0 Å². The van der Waals surface area contributed by atoms with Crippen LogP contribution in [0.4, 0.5) is 5.69 Å². The molecule has 136 valence electrons. The Balaban J connectivity index is 1.60. The molecule has 2 N–H and O–H groups in total. The summed E-state index contributed by atoms with van der Waals surface area (Å²) in [6.07, 6.45) is 0.290. The van der Waals surface area contributed by atoms with Crippen LogP contribution in [-0.2, 0) is 16.0 Å². The van der Waals surface area contributed by atoms with Gasteiger partial charge in [-0.1, -0.05) is 30.3 Å². The van der Waals surface area contributed by atoms with E-state index in [9.17, 15) is 19.7 Å².